The molecule has 1 aromatic heterocycles. The van der Waals surface area contributed by atoms with E-state index >= 15 is 0 Å². The molecule has 36 heavy (non-hydrogen) atoms. The number of amides is 2. The lowest BCUT2D eigenvalue weighted by atomic mass is 9.83. The van der Waals surface area contributed by atoms with Crippen LogP contribution in [-0.4, -0.2) is 59.5 Å². The number of nitrogens with zero attached hydrogens (tertiary/aromatic N) is 2. The molecule has 1 aliphatic heterocycles. The van der Waals surface area contributed by atoms with Gasteiger partial charge in [0.05, 0.1) is 24.3 Å². The van der Waals surface area contributed by atoms with Crippen molar-refractivity contribution in [1.82, 2.24) is 20.5 Å². The van der Waals surface area contributed by atoms with Crippen molar-refractivity contribution in [3.63, 3.8) is 0 Å². The third kappa shape index (κ3) is 6.76. The Labute approximate surface area is 212 Å². The molecule has 1 saturated carbocycles. The highest BCUT2D eigenvalue weighted by Gasteiger charge is 2.36. The van der Waals surface area contributed by atoms with Gasteiger partial charge in [-0.2, -0.15) is 13.2 Å². The molecule has 1 aromatic carbocycles. The van der Waals surface area contributed by atoms with Gasteiger partial charge in [0.15, 0.2) is 0 Å². The van der Waals surface area contributed by atoms with Crippen molar-refractivity contribution >= 4 is 23.2 Å². The van der Waals surface area contributed by atoms with E-state index in [4.69, 9.17) is 4.74 Å². The minimum absolute atomic E-state index is 0.0120. The van der Waals surface area contributed by atoms with Crippen LogP contribution in [0.2, 0.25) is 0 Å². The Bertz CT molecular complexity index is 1060. The van der Waals surface area contributed by atoms with E-state index < -0.39 is 17.6 Å². The lowest BCUT2D eigenvalue weighted by molar-refractivity contribution is -0.137. The van der Waals surface area contributed by atoms with Crippen LogP contribution >= 0.6 is 11.3 Å². The van der Waals surface area contributed by atoms with Crippen LogP contribution in [-0.2, 0) is 11.0 Å². The largest absolute Gasteiger partial charge is 0.467 e. The van der Waals surface area contributed by atoms with Crippen LogP contribution in [0.4, 0.5) is 13.2 Å². The second kappa shape index (κ2) is 11.2. The van der Waals surface area contributed by atoms with Gasteiger partial charge in [0.1, 0.15) is 0 Å². The van der Waals surface area contributed by atoms with E-state index in [1.54, 1.807) is 11.3 Å². The molecule has 0 radical (unpaired) electrons. The summed E-state index contributed by atoms with van der Waals surface area (Å²) in [6.45, 7) is 5.22. The van der Waals surface area contributed by atoms with Gasteiger partial charge in [-0.05, 0) is 63.6 Å². The number of alkyl halides is 3. The van der Waals surface area contributed by atoms with E-state index in [1.165, 1.54) is 17.0 Å². The first-order valence-electron chi connectivity index (χ1n) is 12.2. The number of rotatable bonds is 8. The second-order valence-corrected chi connectivity index (χ2v) is 10.7. The molecule has 2 N–H and O–H groups in total. The molecule has 196 valence electrons. The smallest absolute Gasteiger partial charge is 0.416 e. The summed E-state index contributed by atoms with van der Waals surface area (Å²) in [5, 5.41) is 6.01. The summed E-state index contributed by atoms with van der Waals surface area (Å²) < 4.78 is 44.2. The fourth-order valence-electron chi connectivity index (χ4n) is 4.72. The number of ether oxygens (including phenoxy) is 1. The maximum absolute atomic E-state index is 12.8. The van der Waals surface area contributed by atoms with Crippen LogP contribution in [0.5, 0.6) is 5.19 Å². The van der Waals surface area contributed by atoms with Crippen LogP contribution in [0.15, 0.2) is 30.5 Å². The fraction of sp³-hybridized carbons (Fsp3) is 0.560. The normalized spacial score (nSPS) is 21.2. The first-order chi connectivity index (χ1) is 17.1. The zero-order valence-corrected chi connectivity index (χ0v) is 21.1. The Kier molecular flexibility index (Phi) is 8.19. The molecule has 0 unspecified atom stereocenters. The number of thiazole rings is 1. The van der Waals surface area contributed by atoms with Gasteiger partial charge < -0.3 is 15.4 Å². The number of carbonyl (C=O) groups excluding carboxylic acids is 2. The van der Waals surface area contributed by atoms with E-state index in [0.29, 0.717) is 12.0 Å². The zero-order chi connectivity index (χ0) is 25.9. The molecule has 2 amide bonds. The molecular formula is C25H31F3N4O3S. The van der Waals surface area contributed by atoms with Crippen molar-refractivity contribution in [2.24, 2.45) is 0 Å². The molecule has 1 saturated heterocycles. The Morgan fingerprint density at radius 3 is 2.58 bits per heavy atom. The van der Waals surface area contributed by atoms with Gasteiger partial charge in [0.25, 0.3) is 11.1 Å². The van der Waals surface area contributed by atoms with Crippen molar-refractivity contribution in [3.8, 4) is 5.19 Å². The van der Waals surface area contributed by atoms with Gasteiger partial charge in [-0.1, -0.05) is 17.4 Å². The SMILES string of the molecule is CC(C)Oc1ncc(C2CCC(N3CC(NC(=O)CNC(=O)c4cccc(C(F)(F)F)c4)C3)CC2)s1. The molecule has 1 aliphatic carbocycles. The van der Waals surface area contributed by atoms with Crippen molar-refractivity contribution in [2.75, 3.05) is 19.6 Å². The quantitative estimate of drug-likeness (QED) is 0.541. The molecule has 2 aromatic rings. The maximum atomic E-state index is 12.8. The highest BCUT2D eigenvalue weighted by molar-refractivity contribution is 7.13. The van der Waals surface area contributed by atoms with E-state index in [0.717, 1.165) is 56.1 Å². The number of hydrogen-bond donors (Lipinski definition) is 2. The Morgan fingerprint density at radius 2 is 1.92 bits per heavy atom. The zero-order valence-electron chi connectivity index (χ0n) is 20.3. The van der Waals surface area contributed by atoms with E-state index in [2.05, 4.69) is 20.5 Å². The van der Waals surface area contributed by atoms with Gasteiger partial charge >= 0.3 is 6.18 Å². The topological polar surface area (TPSA) is 83.6 Å². The standard InChI is InChI=1S/C25H31F3N4O3S/c1-15(2)35-24-30-11-21(36-24)16-6-8-20(9-7-16)32-13-19(14-32)31-22(33)12-29-23(34)17-4-3-5-18(10-17)25(26,27)28/h3-5,10-11,15-16,19-20H,6-9,12-14H2,1-2H3,(H,29,34)(H,31,33). The molecule has 0 atom stereocenters. The molecule has 0 spiro atoms. The van der Waals surface area contributed by atoms with Gasteiger partial charge in [-0.15, -0.1) is 0 Å². The Morgan fingerprint density at radius 1 is 1.19 bits per heavy atom. The highest BCUT2D eigenvalue weighted by Crippen LogP contribution is 2.39. The van der Waals surface area contributed by atoms with Crippen molar-refractivity contribution in [2.45, 2.75) is 69.8 Å². The van der Waals surface area contributed by atoms with Crippen LogP contribution in [0.3, 0.4) is 0 Å². The lowest BCUT2D eigenvalue weighted by Gasteiger charge is -2.46. The van der Waals surface area contributed by atoms with Crippen molar-refractivity contribution < 1.29 is 27.5 Å². The summed E-state index contributed by atoms with van der Waals surface area (Å²) >= 11 is 1.64. The molecule has 7 nitrogen and oxygen atoms in total. The molecule has 11 heteroatoms. The van der Waals surface area contributed by atoms with Crippen LogP contribution in [0.25, 0.3) is 0 Å². The van der Waals surface area contributed by atoms with Crippen molar-refractivity contribution in [3.05, 3.63) is 46.5 Å². The summed E-state index contributed by atoms with van der Waals surface area (Å²) in [5.74, 6) is -0.555. The van der Waals surface area contributed by atoms with Crippen LogP contribution in [0.1, 0.15) is 66.2 Å². The first-order valence-corrected chi connectivity index (χ1v) is 13.0. The van der Waals surface area contributed by atoms with E-state index in [-0.39, 0.29) is 30.2 Å². The van der Waals surface area contributed by atoms with Crippen LogP contribution < -0.4 is 15.4 Å². The van der Waals surface area contributed by atoms with Crippen molar-refractivity contribution in [1.29, 1.82) is 0 Å². The Hall–Kier alpha value is -2.66. The molecule has 2 heterocycles. The average molecular weight is 525 g/mol. The summed E-state index contributed by atoms with van der Waals surface area (Å²) in [5.41, 5.74) is -1.04. The predicted molar refractivity (Wildman–Crippen MR) is 130 cm³/mol. The highest BCUT2D eigenvalue weighted by atomic mass is 32.1. The van der Waals surface area contributed by atoms with Gasteiger partial charge in [-0.25, -0.2) is 4.98 Å². The maximum Gasteiger partial charge on any atom is 0.416 e. The molecule has 4 rings (SSSR count). The predicted octanol–water partition coefficient (Wildman–Crippen LogP) is 4.21. The number of hydrogen-bond acceptors (Lipinski definition) is 6. The molecule has 2 fully saturated rings. The average Bonchev–Trinajstić information content (AvgIpc) is 3.27. The number of carbonyl (C=O) groups is 2. The van der Waals surface area contributed by atoms with Gasteiger partial charge in [-0.3, -0.25) is 14.5 Å². The van der Waals surface area contributed by atoms with Gasteiger partial charge in [0, 0.05) is 35.8 Å². The molecular weight excluding hydrogens is 493 g/mol. The number of likely N-dealkylation sites (tertiary alicyclic amines) is 1. The van der Waals surface area contributed by atoms with Gasteiger partial charge in [0.2, 0.25) is 5.91 Å². The first kappa shape index (κ1) is 26.4. The third-order valence-corrected chi connectivity index (χ3v) is 7.64. The fourth-order valence-corrected chi connectivity index (χ4v) is 5.78. The molecule has 0 bridgehead atoms. The number of benzene rings is 1. The summed E-state index contributed by atoms with van der Waals surface area (Å²) in [6, 6.07) is 4.64. The summed E-state index contributed by atoms with van der Waals surface area (Å²) in [4.78, 5) is 32.4. The minimum Gasteiger partial charge on any atom is -0.467 e. The monoisotopic (exact) mass is 524 g/mol. The Balaban J connectivity index is 1.14. The van der Waals surface area contributed by atoms with Crippen LogP contribution in [0, 0.1) is 0 Å². The minimum atomic E-state index is -4.53. The lowest BCUT2D eigenvalue weighted by Crippen LogP contribution is -2.63. The summed E-state index contributed by atoms with van der Waals surface area (Å²) in [7, 11) is 0. The summed E-state index contributed by atoms with van der Waals surface area (Å²) in [6.07, 6.45) is 1.91. The van der Waals surface area contributed by atoms with E-state index in [9.17, 15) is 22.8 Å². The molecule has 2 aliphatic rings. The number of aromatic nitrogens is 1. The number of halogens is 3. The van der Waals surface area contributed by atoms with E-state index in [1.807, 2.05) is 20.0 Å². The number of nitrogens with one attached hydrogen (secondary N) is 2. The third-order valence-electron chi connectivity index (χ3n) is 6.59. The second-order valence-electron chi connectivity index (χ2n) is 9.68.